The molecule has 0 nitrogen and oxygen atoms in total. The average molecular weight is 423 g/mol. The van der Waals surface area contributed by atoms with Gasteiger partial charge < -0.3 is 0 Å². The van der Waals surface area contributed by atoms with Gasteiger partial charge in [-0.3, -0.25) is 0 Å². The first kappa shape index (κ1) is 15.7. The van der Waals surface area contributed by atoms with Gasteiger partial charge in [0.1, 0.15) is 0 Å². The van der Waals surface area contributed by atoms with Crippen LogP contribution in [0.1, 0.15) is 0 Å². The van der Waals surface area contributed by atoms with Crippen LogP contribution < -0.4 is 0 Å². The standard InChI is InChI=1S/3CH3.2HI.Sb/h3*1H3;2*1H;. The normalized spacial score (nSPS) is 6.00. The van der Waals surface area contributed by atoms with Crippen LogP contribution in [-0.4, -0.2) is 20.2 Å². The number of hydrogen-bond acceptors (Lipinski definition) is 0. The summed E-state index contributed by atoms with van der Waals surface area (Å²) in [5.41, 5.74) is 0. The Morgan fingerprint density at radius 1 is 0.833 bits per heavy atom. The zero-order valence-electron chi connectivity index (χ0n) is 4.26. The van der Waals surface area contributed by atoms with Crippen molar-refractivity contribution in [3.05, 3.63) is 0 Å². The van der Waals surface area contributed by atoms with E-state index in [1.54, 1.807) is 0 Å². The van der Waals surface area contributed by atoms with E-state index in [0.29, 0.717) is 0 Å². The van der Waals surface area contributed by atoms with E-state index >= 15 is 0 Å². The maximum atomic E-state index is 2.35. The van der Waals surface area contributed by atoms with Crippen molar-refractivity contribution < 1.29 is 0 Å². The van der Waals surface area contributed by atoms with Gasteiger partial charge in [-0.15, -0.1) is 48.0 Å². The van der Waals surface area contributed by atoms with E-state index in [1.807, 2.05) is 0 Å². The molecule has 6 heavy (non-hydrogen) atoms. The van der Waals surface area contributed by atoms with Crippen LogP contribution >= 0.6 is 48.0 Å². The SMILES string of the molecule is I.I.[CH3][Sb]([CH3])[CH3]. The van der Waals surface area contributed by atoms with Crippen LogP contribution in [0.2, 0.25) is 14.6 Å². The Balaban J connectivity index is -0.0000000450. The van der Waals surface area contributed by atoms with E-state index in [1.165, 1.54) is 0 Å². The van der Waals surface area contributed by atoms with Gasteiger partial charge in [-0.2, -0.15) is 0 Å². The number of halogens is 2. The third-order valence-electron chi connectivity index (χ3n) is 0. The van der Waals surface area contributed by atoms with Crippen molar-refractivity contribution in [3.63, 3.8) is 0 Å². The molecule has 0 N–H and O–H groups in total. The second kappa shape index (κ2) is 10.3. The summed E-state index contributed by atoms with van der Waals surface area (Å²) in [5, 5.41) is 0. The van der Waals surface area contributed by atoms with Gasteiger partial charge in [0.15, 0.2) is 0 Å². The van der Waals surface area contributed by atoms with E-state index in [4.69, 9.17) is 0 Å². The van der Waals surface area contributed by atoms with Crippen molar-refractivity contribution in [1.82, 2.24) is 0 Å². The van der Waals surface area contributed by atoms with E-state index < -0.39 is 20.2 Å². The van der Waals surface area contributed by atoms with Crippen molar-refractivity contribution in [3.8, 4) is 0 Å². The molecule has 0 aliphatic rings. The van der Waals surface area contributed by atoms with Gasteiger partial charge in [0.05, 0.1) is 0 Å². The topological polar surface area (TPSA) is 0 Å². The maximum absolute atomic E-state index is 2.35. The summed E-state index contributed by atoms with van der Waals surface area (Å²) >= 11 is -0.450. The molecule has 0 rings (SSSR count). The molecule has 0 saturated heterocycles. The first-order valence-corrected chi connectivity index (χ1v) is 9.00. The third-order valence-corrected chi connectivity index (χ3v) is 0. The first-order chi connectivity index (χ1) is 1.73. The zero-order valence-corrected chi connectivity index (χ0v) is 11.5. The van der Waals surface area contributed by atoms with Crippen molar-refractivity contribution in [2.45, 2.75) is 14.6 Å². The minimum absolute atomic E-state index is 0. The summed E-state index contributed by atoms with van der Waals surface area (Å²) in [6.45, 7) is 0. The van der Waals surface area contributed by atoms with Gasteiger partial charge >= 0.3 is 34.8 Å². The molecule has 3 heteroatoms. The molecule has 0 aromatic heterocycles. The fourth-order valence-electron chi connectivity index (χ4n) is 0. The predicted molar refractivity (Wildman–Crippen MR) is 54.2 cm³/mol. The van der Waals surface area contributed by atoms with Crippen LogP contribution in [0.5, 0.6) is 0 Å². The second-order valence-electron chi connectivity index (χ2n) is 1.34. The quantitative estimate of drug-likeness (QED) is 0.416. The van der Waals surface area contributed by atoms with Crippen molar-refractivity contribution >= 4 is 68.2 Å². The van der Waals surface area contributed by atoms with Gasteiger partial charge in [0, 0.05) is 0 Å². The first-order valence-electron chi connectivity index (χ1n) is 1.34. The monoisotopic (exact) mass is 422 g/mol. The van der Waals surface area contributed by atoms with Crippen LogP contribution in [0.4, 0.5) is 0 Å². The van der Waals surface area contributed by atoms with Gasteiger partial charge in [-0.05, 0) is 0 Å². The molecule has 0 aromatic carbocycles. The van der Waals surface area contributed by atoms with E-state index in [9.17, 15) is 0 Å². The van der Waals surface area contributed by atoms with Crippen molar-refractivity contribution in [2.75, 3.05) is 0 Å². The fraction of sp³-hybridized carbons (Fsp3) is 1.00. The van der Waals surface area contributed by atoms with Gasteiger partial charge in [0.2, 0.25) is 0 Å². The zero-order chi connectivity index (χ0) is 3.58. The summed E-state index contributed by atoms with van der Waals surface area (Å²) in [6.07, 6.45) is 0. The summed E-state index contributed by atoms with van der Waals surface area (Å²) in [6, 6.07) is 0. The van der Waals surface area contributed by atoms with Gasteiger partial charge in [-0.1, -0.05) is 0 Å². The summed E-state index contributed by atoms with van der Waals surface area (Å²) in [5.74, 6) is 0. The molecule has 0 heterocycles. The van der Waals surface area contributed by atoms with Crippen LogP contribution in [0.3, 0.4) is 0 Å². The molecular formula is C3H11I2Sb. The molecule has 0 aliphatic carbocycles. The molecule has 0 fully saturated rings. The molecule has 0 bridgehead atoms. The number of hydrogen-bond donors (Lipinski definition) is 0. The van der Waals surface area contributed by atoms with E-state index in [2.05, 4.69) is 14.6 Å². The summed E-state index contributed by atoms with van der Waals surface area (Å²) in [7, 11) is 0. The van der Waals surface area contributed by atoms with Crippen molar-refractivity contribution in [1.29, 1.82) is 0 Å². The number of rotatable bonds is 0. The summed E-state index contributed by atoms with van der Waals surface area (Å²) in [4.78, 5) is 7.05. The molecule has 0 aromatic rings. The molecule has 42 valence electrons. The minimum atomic E-state index is -0.450. The Morgan fingerprint density at radius 3 is 0.833 bits per heavy atom. The molecule has 0 saturated carbocycles. The molecule has 0 aliphatic heterocycles. The van der Waals surface area contributed by atoms with Crippen LogP contribution in [0, 0.1) is 0 Å². The Hall–Kier alpha value is 2.28. The Morgan fingerprint density at radius 2 is 0.833 bits per heavy atom. The van der Waals surface area contributed by atoms with Crippen LogP contribution in [0.15, 0.2) is 0 Å². The third kappa shape index (κ3) is 33.7. The Labute approximate surface area is 81.5 Å². The van der Waals surface area contributed by atoms with Crippen LogP contribution in [0.25, 0.3) is 0 Å². The fourth-order valence-corrected chi connectivity index (χ4v) is 0. The predicted octanol–water partition coefficient (Wildman–Crippen LogP) is 2.61. The van der Waals surface area contributed by atoms with Gasteiger partial charge in [0.25, 0.3) is 0 Å². The molecule has 0 atom stereocenters. The van der Waals surface area contributed by atoms with Gasteiger partial charge in [-0.25, -0.2) is 0 Å². The molecule has 0 spiro atoms. The molecule has 0 amide bonds. The second-order valence-corrected chi connectivity index (χ2v) is 9.00. The molecule has 0 unspecified atom stereocenters. The summed E-state index contributed by atoms with van der Waals surface area (Å²) < 4.78 is 0. The van der Waals surface area contributed by atoms with Crippen molar-refractivity contribution in [2.24, 2.45) is 0 Å². The average Bonchev–Trinajstić information content (AvgIpc) is 0.811. The Bertz CT molecular complexity index is 13.5. The van der Waals surface area contributed by atoms with E-state index in [0.717, 1.165) is 0 Å². The Kier molecular flexibility index (Phi) is 27.0. The molecular weight excluding hydrogens is 412 g/mol. The van der Waals surface area contributed by atoms with E-state index in [-0.39, 0.29) is 48.0 Å². The van der Waals surface area contributed by atoms with Crippen LogP contribution in [-0.2, 0) is 0 Å². The molecule has 0 radical (unpaired) electrons.